The number of hydrogen-bond donors (Lipinski definition) is 1. The molecule has 1 atom stereocenters. The van der Waals surface area contributed by atoms with Crippen LogP contribution in [-0.4, -0.2) is 31.6 Å². The van der Waals surface area contributed by atoms with Crippen molar-refractivity contribution in [3.05, 3.63) is 35.4 Å². The lowest BCUT2D eigenvalue weighted by atomic mass is 9.96. The zero-order chi connectivity index (χ0) is 16.0. The average Bonchev–Trinajstić information content (AvgIpc) is 2.30. The van der Waals surface area contributed by atoms with Crippen LogP contribution in [0.15, 0.2) is 18.2 Å². The van der Waals surface area contributed by atoms with Crippen LogP contribution in [0.5, 0.6) is 0 Å². The van der Waals surface area contributed by atoms with Gasteiger partial charge in [0.1, 0.15) is 11.6 Å². The normalized spacial score (nSPS) is 13.7. The van der Waals surface area contributed by atoms with E-state index in [1.54, 1.807) is 0 Å². The third-order valence-electron chi connectivity index (χ3n) is 3.28. The second kappa shape index (κ2) is 7.85. The van der Waals surface area contributed by atoms with Gasteiger partial charge in [-0.1, -0.05) is 27.7 Å². The zero-order valence-corrected chi connectivity index (χ0v) is 13.8. The molecule has 0 saturated heterocycles. The molecule has 0 heterocycles. The Morgan fingerprint density at radius 1 is 1.14 bits per heavy atom. The van der Waals surface area contributed by atoms with E-state index in [9.17, 15) is 8.78 Å². The molecule has 1 unspecified atom stereocenters. The lowest BCUT2D eigenvalue weighted by Crippen LogP contribution is -2.32. The first kappa shape index (κ1) is 18.1. The van der Waals surface area contributed by atoms with E-state index < -0.39 is 11.6 Å². The van der Waals surface area contributed by atoms with E-state index in [0.717, 1.165) is 32.1 Å². The van der Waals surface area contributed by atoms with Gasteiger partial charge in [-0.25, -0.2) is 8.78 Å². The third-order valence-corrected chi connectivity index (χ3v) is 3.28. The summed E-state index contributed by atoms with van der Waals surface area (Å²) in [4.78, 5) is 2.26. The number of nitrogens with zero attached hydrogens (tertiary/aromatic N) is 1. The molecule has 1 N–H and O–H groups in total. The molecule has 4 heteroatoms. The van der Waals surface area contributed by atoms with E-state index >= 15 is 0 Å². The summed E-state index contributed by atoms with van der Waals surface area (Å²) in [7, 11) is 2.08. The Labute approximate surface area is 127 Å². The average molecular weight is 298 g/mol. The second-order valence-corrected chi connectivity index (χ2v) is 6.90. The fraction of sp³-hybridized carbons (Fsp3) is 0.647. The quantitative estimate of drug-likeness (QED) is 0.819. The van der Waals surface area contributed by atoms with Crippen molar-refractivity contribution in [3.8, 4) is 0 Å². The summed E-state index contributed by atoms with van der Waals surface area (Å²) in [6, 6.07) is 3.72. The number of nitrogens with one attached hydrogen (secondary N) is 1. The van der Waals surface area contributed by atoms with Crippen molar-refractivity contribution in [2.24, 2.45) is 5.41 Å². The van der Waals surface area contributed by atoms with Crippen molar-refractivity contribution in [3.63, 3.8) is 0 Å². The van der Waals surface area contributed by atoms with Crippen LogP contribution in [-0.2, 0) is 0 Å². The predicted octanol–water partition coefficient (Wildman–Crippen LogP) is 3.98. The summed E-state index contributed by atoms with van der Waals surface area (Å²) < 4.78 is 26.7. The molecule has 0 fully saturated rings. The molecule has 0 spiro atoms. The summed E-state index contributed by atoms with van der Waals surface area (Å²) in [6.07, 6.45) is 0.823. The van der Waals surface area contributed by atoms with Gasteiger partial charge in [-0.05, 0) is 49.7 Å². The van der Waals surface area contributed by atoms with E-state index in [-0.39, 0.29) is 11.5 Å². The fourth-order valence-corrected chi connectivity index (χ4v) is 2.65. The molecule has 0 aliphatic rings. The van der Waals surface area contributed by atoms with Crippen LogP contribution in [0.2, 0.25) is 0 Å². The lowest BCUT2D eigenvalue weighted by Gasteiger charge is -2.28. The molecule has 0 saturated carbocycles. The second-order valence-electron chi connectivity index (χ2n) is 6.90. The van der Waals surface area contributed by atoms with Crippen LogP contribution >= 0.6 is 0 Å². The van der Waals surface area contributed by atoms with Crippen LogP contribution in [0.4, 0.5) is 8.78 Å². The van der Waals surface area contributed by atoms with Gasteiger partial charge >= 0.3 is 0 Å². The van der Waals surface area contributed by atoms with Crippen molar-refractivity contribution in [1.82, 2.24) is 10.2 Å². The molecule has 1 rings (SSSR count). The molecule has 0 aliphatic carbocycles. The van der Waals surface area contributed by atoms with Crippen molar-refractivity contribution in [2.75, 3.05) is 26.7 Å². The van der Waals surface area contributed by atoms with Crippen molar-refractivity contribution in [2.45, 2.75) is 40.2 Å². The Kier molecular flexibility index (Phi) is 6.75. The van der Waals surface area contributed by atoms with Gasteiger partial charge in [-0.2, -0.15) is 0 Å². The van der Waals surface area contributed by atoms with E-state index in [1.165, 1.54) is 12.1 Å². The minimum atomic E-state index is -0.518. The molecule has 21 heavy (non-hydrogen) atoms. The maximum Gasteiger partial charge on any atom is 0.126 e. The highest BCUT2D eigenvalue weighted by Gasteiger charge is 2.17. The summed E-state index contributed by atoms with van der Waals surface area (Å²) in [5.41, 5.74) is 0.923. The molecule has 0 radical (unpaired) electrons. The Hall–Kier alpha value is -1.00. The summed E-state index contributed by atoms with van der Waals surface area (Å²) in [6.45, 7) is 11.2. The van der Waals surface area contributed by atoms with E-state index in [1.807, 2.05) is 6.92 Å². The highest BCUT2D eigenvalue weighted by molar-refractivity contribution is 5.21. The van der Waals surface area contributed by atoms with Gasteiger partial charge in [0, 0.05) is 18.7 Å². The summed E-state index contributed by atoms with van der Waals surface area (Å²) >= 11 is 0. The maximum absolute atomic E-state index is 13.4. The van der Waals surface area contributed by atoms with Gasteiger partial charge in [-0.3, -0.25) is 0 Å². The van der Waals surface area contributed by atoms with Gasteiger partial charge in [0.2, 0.25) is 0 Å². The van der Waals surface area contributed by atoms with Gasteiger partial charge in [-0.15, -0.1) is 0 Å². The van der Waals surface area contributed by atoms with Crippen molar-refractivity contribution >= 4 is 0 Å². The van der Waals surface area contributed by atoms with Gasteiger partial charge in [0.25, 0.3) is 0 Å². The summed E-state index contributed by atoms with van der Waals surface area (Å²) in [5.74, 6) is -1.04. The number of rotatable bonds is 7. The first-order valence-electron chi connectivity index (χ1n) is 7.59. The molecule has 2 nitrogen and oxygen atoms in total. The SMILES string of the molecule is CCNC(CCN(C)CC(C)(C)C)c1cc(F)cc(F)c1. The predicted molar refractivity (Wildman–Crippen MR) is 84.3 cm³/mol. The minimum absolute atomic E-state index is 0.0254. The molecular weight excluding hydrogens is 270 g/mol. The number of benzene rings is 1. The van der Waals surface area contributed by atoms with Gasteiger partial charge in [0.15, 0.2) is 0 Å². The van der Waals surface area contributed by atoms with Crippen LogP contribution < -0.4 is 5.32 Å². The highest BCUT2D eigenvalue weighted by Crippen LogP contribution is 2.21. The van der Waals surface area contributed by atoms with Crippen molar-refractivity contribution < 1.29 is 8.78 Å². The van der Waals surface area contributed by atoms with E-state index in [4.69, 9.17) is 0 Å². The molecule has 1 aromatic rings. The molecule has 1 aromatic carbocycles. The Morgan fingerprint density at radius 3 is 2.19 bits per heavy atom. The third kappa shape index (κ3) is 7.00. The first-order chi connectivity index (χ1) is 9.71. The Balaban J connectivity index is 2.69. The molecule has 0 amide bonds. The Bertz CT molecular complexity index is 421. The molecule has 0 aliphatic heterocycles. The van der Waals surface area contributed by atoms with E-state index in [2.05, 4.69) is 38.0 Å². The maximum atomic E-state index is 13.4. The largest absolute Gasteiger partial charge is 0.310 e. The smallest absolute Gasteiger partial charge is 0.126 e. The topological polar surface area (TPSA) is 15.3 Å². The Morgan fingerprint density at radius 2 is 1.71 bits per heavy atom. The summed E-state index contributed by atoms with van der Waals surface area (Å²) in [5, 5.41) is 3.31. The minimum Gasteiger partial charge on any atom is -0.310 e. The first-order valence-corrected chi connectivity index (χ1v) is 7.59. The number of halogens is 2. The van der Waals surface area contributed by atoms with Gasteiger partial charge < -0.3 is 10.2 Å². The highest BCUT2D eigenvalue weighted by atomic mass is 19.1. The molecule has 0 aromatic heterocycles. The molecule has 120 valence electrons. The molecule has 0 bridgehead atoms. The molecular formula is C17H28F2N2. The van der Waals surface area contributed by atoms with Crippen LogP contribution in [0.1, 0.15) is 45.7 Å². The lowest BCUT2D eigenvalue weighted by molar-refractivity contribution is 0.217. The fourth-order valence-electron chi connectivity index (χ4n) is 2.65. The van der Waals surface area contributed by atoms with Crippen molar-refractivity contribution in [1.29, 1.82) is 0 Å². The van der Waals surface area contributed by atoms with Crippen LogP contribution in [0.3, 0.4) is 0 Å². The van der Waals surface area contributed by atoms with Crippen LogP contribution in [0, 0.1) is 17.0 Å². The van der Waals surface area contributed by atoms with E-state index in [0.29, 0.717) is 5.56 Å². The van der Waals surface area contributed by atoms with Gasteiger partial charge in [0.05, 0.1) is 0 Å². The number of hydrogen-bond acceptors (Lipinski definition) is 2. The standard InChI is InChI=1S/C17H28F2N2/c1-6-20-16(7-8-21(5)12-17(2,3)4)13-9-14(18)11-15(19)10-13/h9-11,16,20H,6-8,12H2,1-5H3. The van der Waals surface area contributed by atoms with Crippen LogP contribution in [0.25, 0.3) is 0 Å². The monoisotopic (exact) mass is 298 g/mol. The zero-order valence-electron chi connectivity index (χ0n) is 13.8.